The first-order valence-corrected chi connectivity index (χ1v) is 9.86. The molecule has 2 atom stereocenters. The van der Waals surface area contributed by atoms with Crippen molar-refractivity contribution >= 4 is 17.7 Å². The fraction of sp³-hybridized carbons (Fsp3) is 0.778. The summed E-state index contributed by atoms with van der Waals surface area (Å²) in [7, 11) is 0. The van der Waals surface area contributed by atoms with E-state index in [0.29, 0.717) is 30.0 Å². The summed E-state index contributed by atoms with van der Waals surface area (Å²) in [6, 6.07) is 0.463. The molecule has 0 spiro atoms. The van der Waals surface area contributed by atoms with Gasteiger partial charge in [-0.25, -0.2) is 4.98 Å². The second-order valence-corrected chi connectivity index (χ2v) is 9.06. The van der Waals surface area contributed by atoms with Crippen LogP contribution in [0.3, 0.4) is 0 Å². The Morgan fingerprint density at radius 3 is 2.91 bits per heavy atom. The van der Waals surface area contributed by atoms with Crippen LogP contribution in [0.2, 0.25) is 0 Å². The van der Waals surface area contributed by atoms with Crippen molar-refractivity contribution in [1.29, 1.82) is 0 Å². The van der Waals surface area contributed by atoms with Crippen molar-refractivity contribution in [2.45, 2.75) is 76.0 Å². The van der Waals surface area contributed by atoms with Crippen LogP contribution in [0, 0.1) is 0 Å². The zero-order valence-electron chi connectivity index (χ0n) is 14.5. The number of hydrogen-bond acceptors (Lipinski definition) is 4. The number of carbonyl (C=O) groups excluding carboxylic acids is 1. The first-order chi connectivity index (χ1) is 10.9. The number of aryl methyl sites for hydroxylation is 1. The Balaban J connectivity index is 1.57. The molecule has 0 radical (unpaired) electrons. The second-order valence-electron chi connectivity index (χ2n) is 7.72. The van der Waals surface area contributed by atoms with Crippen molar-refractivity contribution in [3.05, 3.63) is 17.8 Å². The van der Waals surface area contributed by atoms with Gasteiger partial charge >= 0.3 is 0 Å². The number of aromatic nitrogens is 1. The molecule has 1 amide bonds. The molecule has 128 valence electrons. The molecule has 1 saturated carbocycles. The number of thioether (sulfide) groups is 1. The highest BCUT2D eigenvalue weighted by molar-refractivity contribution is 8.00. The minimum Gasteiger partial charge on any atom is -0.445 e. The average molecular weight is 337 g/mol. The van der Waals surface area contributed by atoms with E-state index in [1.165, 1.54) is 25.7 Å². The van der Waals surface area contributed by atoms with Crippen LogP contribution in [0.4, 0.5) is 0 Å². The molecule has 23 heavy (non-hydrogen) atoms. The molecule has 1 saturated heterocycles. The lowest BCUT2D eigenvalue weighted by Gasteiger charge is -2.43. The monoisotopic (exact) mass is 336 g/mol. The molecule has 4 nitrogen and oxygen atoms in total. The highest BCUT2D eigenvalue weighted by Gasteiger charge is 2.36. The van der Waals surface area contributed by atoms with E-state index in [-0.39, 0.29) is 11.3 Å². The van der Waals surface area contributed by atoms with Crippen LogP contribution in [0.25, 0.3) is 0 Å². The van der Waals surface area contributed by atoms with E-state index in [4.69, 9.17) is 4.42 Å². The normalized spacial score (nSPS) is 25.3. The zero-order valence-corrected chi connectivity index (χ0v) is 15.3. The third-order valence-corrected chi connectivity index (χ3v) is 6.29. The second kappa shape index (κ2) is 6.88. The molecule has 2 aliphatic rings. The van der Waals surface area contributed by atoms with Crippen molar-refractivity contribution in [1.82, 2.24) is 9.88 Å². The Morgan fingerprint density at radius 2 is 2.17 bits per heavy atom. The van der Waals surface area contributed by atoms with Crippen LogP contribution in [-0.2, 0) is 16.6 Å². The van der Waals surface area contributed by atoms with E-state index in [1.54, 1.807) is 6.20 Å². The van der Waals surface area contributed by atoms with E-state index in [1.807, 2.05) is 0 Å². The zero-order chi connectivity index (χ0) is 16.4. The molecule has 1 aromatic rings. The largest absolute Gasteiger partial charge is 0.445 e. The van der Waals surface area contributed by atoms with E-state index in [0.717, 1.165) is 18.1 Å². The van der Waals surface area contributed by atoms with Crippen LogP contribution >= 0.6 is 11.8 Å². The van der Waals surface area contributed by atoms with E-state index in [2.05, 4.69) is 42.4 Å². The summed E-state index contributed by atoms with van der Waals surface area (Å²) in [5, 5.41) is 0.663. The summed E-state index contributed by atoms with van der Waals surface area (Å²) in [5.41, 5.74) is -0.0331. The highest BCUT2D eigenvalue weighted by Crippen LogP contribution is 2.35. The van der Waals surface area contributed by atoms with Gasteiger partial charge in [0.2, 0.25) is 5.91 Å². The molecule has 3 rings (SSSR count). The number of carbonyl (C=O) groups is 1. The molecule has 0 unspecified atom stereocenters. The maximum atomic E-state index is 12.7. The van der Waals surface area contributed by atoms with Gasteiger partial charge in [0.05, 0.1) is 6.20 Å². The SMILES string of the molecule is CC(C)(C)c1cnc(CCC(=O)N2CCS[C@@H]3CCCC[C@@H]32)o1. The molecule has 1 aliphatic carbocycles. The third kappa shape index (κ3) is 3.93. The van der Waals surface area contributed by atoms with Crippen LogP contribution in [0.15, 0.2) is 10.6 Å². The molecule has 0 bridgehead atoms. The van der Waals surface area contributed by atoms with Gasteiger partial charge in [0.1, 0.15) is 5.76 Å². The summed E-state index contributed by atoms with van der Waals surface area (Å²) in [6.07, 6.45) is 7.95. The smallest absolute Gasteiger partial charge is 0.223 e. The Bertz CT molecular complexity index is 547. The predicted molar refractivity (Wildman–Crippen MR) is 93.7 cm³/mol. The standard InChI is InChI=1S/C18H28N2O2S/c1-18(2,3)15-12-19-16(22-15)8-9-17(21)20-10-11-23-14-7-5-4-6-13(14)20/h12-14H,4-11H2,1-3H3/t13-,14+/m0/s1. The highest BCUT2D eigenvalue weighted by atomic mass is 32.2. The lowest BCUT2D eigenvalue weighted by atomic mass is 9.93. The fourth-order valence-corrected chi connectivity index (χ4v) is 4.98. The Hall–Kier alpha value is -0.970. The van der Waals surface area contributed by atoms with E-state index >= 15 is 0 Å². The summed E-state index contributed by atoms with van der Waals surface area (Å²) in [5.74, 6) is 2.94. The number of fused-ring (bicyclic) bond motifs is 1. The molecule has 5 heteroatoms. The Kier molecular flexibility index (Phi) is 5.04. The fourth-order valence-electron chi connectivity index (χ4n) is 3.54. The van der Waals surface area contributed by atoms with Crippen molar-refractivity contribution in [3.8, 4) is 0 Å². The summed E-state index contributed by atoms with van der Waals surface area (Å²) >= 11 is 2.06. The number of oxazole rings is 1. The minimum absolute atomic E-state index is 0.0331. The number of nitrogens with zero attached hydrogens (tertiary/aromatic N) is 2. The van der Waals surface area contributed by atoms with Crippen LogP contribution in [0.1, 0.15) is 64.5 Å². The van der Waals surface area contributed by atoms with Crippen molar-refractivity contribution in [3.63, 3.8) is 0 Å². The van der Waals surface area contributed by atoms with Gasteiger partial charge in [-0.15, -0.1) is 0 Å². The first kappa shape index (κ1) is 16.9. The van der Waals surface area contributed by atoms with E-state index in [9.17, 15) is 4.79 Å². The average Bonchev–Trinajstić information content (AvgIpc) is 3.01. The lowest BCUT2D eigenvalue weighted by Crippen LogP contribution is -2.51. The first-order valence-electron chi connectivity index (χ1n) is 8.81. The number of rotatable bonds is 3. The number of amides is 1. The van der Waals surface area contributed by atoms with Gasteiger partial charge < -0.3 is 9.32 Å². The van der Waals surface area contributed by atoms with Crippen molar-refractivity contribution < 1.29 is 9.21 Å². The van der Waals surface area contributed by atoms with Gasteiger partial charge in [-0.2, -0.15) is 11.8 Å². The van der Waals surface area contributed by atoms with Gasteiger partial charge in [-0.1, -0.05) is 33.6 Å². The molecule has 2 heterocycles. The molecule has 1 aliphatic heterocycles. The van der Waals surface area contributed by atoms with Gasteiger partial charge in [0.15, 0.2) is 5.89 Å². The van der Waals surface area contributed by atoms with Crippen LogP contribution < -0.4 is 0 Å². The van der Waals surface area contributed by atoms with Crippen LogP contribution in [-0.4, -0.2) is 39.4 Å². The van der Waals surface area contributed by atoms with Gasteiger partial charge in [0.25, 0.3) is 0 Å². The minimum atomic E-state index is -0.0331. The molecule has 0 N–H and O–H groups in total. The number of hydrogen-bond donors (Lipinski definition) is 0. The van der Waals surface area contributed by atoms with Crippen LogP contribution in [0.5, 0.6) is 0 Å². The molecule has 1 aromatic heterocycles. The van der Waals surface area contributed by atoms with E-state index < -0.39 is 0 Å². The van der Waals surface area contributed by atoms with Gasteiger partial charge in [-0.3, -0.25) is 4.79 Å². The maximum absolute atomic E-state index is 12.7. The summed E-state index contributed by atoms with van der Waals surface area (Å²) < 4.78 is 5.81. The van der Waals surface area contributed by atoms with Crippen molar-refractivity contribution in [2.24, 2.45) is 0 Å². The molecular formula is C18H28N2O2S. The lowest BCUT2D eigenvalue weighted by molar-refractivity contribution is -0.134. The summed E-state index contributed by atoms with van der Waals surface area (Å²) in [6.45, 7) is 7.23. The summed E-state index contributed by atoms with van der Waals surface area (Å²) in [4.78, 5) is 19.2. The molecule has 2 fully saturated rings. The third-order valence-electron chi connectivity index (χ3n) is 4.90. The molecule has 0 aromatic carbocycles. The predicted octanol–water partition coefficient (Wildman–Crippen LogP) is 3.79. The maximum Gasteiger partial charge on any atom is 0.223 e. The Morgan fingerprint density at radius 1 is 1.39 bits per heavy atom. The quantitative estimate of drug-likeness (QED) is 0.842. The van der Waals surface area contributed by atoms with Crippen molar-refractivity contribution in [2.75, 3.05) is 12.3 Å². The topological polar surface area (TPSA) is 46.3 Å². The van der Waals surface area contributed by atoms with Gasteiger partial charge in [-0.05, 0) is 12.8 Å². The van der Waals surface area contributed by atoms with Gasteiger partial charge in [0, 0.05) is 41.8 Å². The Labute approximate surface area is 143 Å². The molecular weight excluding hydrogens is 308 g/mol.